The van der Waals surface area contributed by atoms with Crippen LogP contribution in [0.3, 0.4) is 0 Å². The molecule has 0 heterocycles. The number of rotatable bonds is 3. The molecule has 1 aliphatic rings. The van der Waals surface area contributed by atoms with Crippen molar-refractivity contribution in [1.29, 1.82) is 0 Å². The summed E-state index contributed by atoms with van der Waals surface area (Å²) in [7, 11) is 3.98. The highest BCUT2D eigenvalue weighted by molar-refractivity contribution is 6.39. The summed E-state index contributed by atoms with van der Waals surface area (Å²) in [6.45, 7) is 0. The number of carbonyl (C=O) groups is 2. The quantitative estimate of drug-likeness (QED) is 0.640. The van der Waals surface area contributed by atoms with Gasteiger partial charge in [-0.1, -0.05) is 48.6 Å². The van der Waals surface area contributed by atoms with Crippen LogP contribution in [0.15, 0.2) is 66.3 Å². The average Bonchev–Trinajstić information content (AvgIpc) is 2.81. The Labute approximate surface area is 135 Å². The van der Waals surface area contributed by atoms with Crippen LogP contribution in [0.2, 0.25) is 0 Å². The summed E-state index contributed by atoms with van der Waals surface area (Å²) in [5, 5.41) is 0. The first-order chi connectivity index (χ1) is 11.1. The smallest absolute Gasteiger partial charge is 0.197 e. The zero-order valence-corrected chi connectivity index (χ0v) is 13.1. The largest absolute Gasteiger partial charge is 0.378 e. The summed E-state index contributed by atoms with van der Waals surface area (Å²) in [4.78, 5) is 26.5. The van der Waals surface area contributed by atoms with E-state index in [4.69, 9.17) is 0 Å². The van der Waals surface area contributed by atoms with Gasteiger partial charge in [-0.15, -0.1) is 0 Å². The summed E-state index contributed by atoms with van der Waals surface area (Å²) in [6, 6.07) is 15.0. The number of fused-ring (bicyclic) bond motifs is 1. The molecule has 114 valence electrons. The molecule has 0 aliphatic heterocycles. The summed E-state index contributed by atoms with van der Waals surface area (Å²) in [5.74, 6) is -0.392. The average molecular weight is 303 g/mol. The molecule has 23 heavy (non-hydrogen) atoms. The van der Waals surface area contributed by atoms with Gasteiger partial charge in [-0.05, 0) is 23.8 Å². The Balaban J connectivity index is 1.81. The van der Waals surface area contributed by atoms with Crippen molar-refractivity contribution in [2.24, 2.45) is 0 Å². The fourth-order valence-electron chi connectivity index (χ4n) is 2.56. The molecule has 3 rings (SSSR count). The van der Waals surface area contributed by atoms with E-state index in [1.807, 2.05) is 49.3 Å². The minimum atomic E-state index is -0.196. The van der Waals surface area contributed by atoms with Crippen molar-refractivity contribution < 1.29 is 9.59 Å². The van der Waals surface area contributed by atoms with E-state index in [0.29, 0.717) is 11.1 Å². The maximum atomic E-state index is 12.2. The molecule has 0 unspecified atom stereocenters. The molecule has 0 saturated heterocycles. The van der Waals surface area contributed by atoms with Crippen LogP contribution in [0.25, 0.3) is 6.08 Å². The fourth-order valence-corrected chi connectivity index (χ4v) is 2.56. The van der Waals surface area contributed by atoms with E-state index < -0.39 is 0 Å². The first-order valence-corrected chi connectivity index (χ1v) is 7.42. The molecule has 0 atom stereocenters. The van der Waals surface area contributed by atoms with Crippen LogP contribution >= 0.6 is 0 Å². The second-order valence-corrected chi connectivity index (χ2v) is 5.63. The number of Topliss-reactive ketones (excluding diaryl/α,β-unsaturated/α-hetero) is 2. The van der Waals surface area contributed by atoms with Gasteiger partial charge in [-0.25, -0.2) is 0 Å². The third-order valence-corrected chi connectivity index (χ3v) is 3.87. The predicted molar refractivity (Wildman–Crippen MR) is 93.0 cm³/mol. The van der Waals surface area contributed by atoms with Gasteiger partial charge >= 0.3 is 0 Å². The van der Waals surface area contributed by atoms with Crippen LogP contribution < -0.4 is 4.90 Å². The van der Waals surface area contributed by atoms with Crippen molar-refractivity contribution in [3.8, 4) is 0 Å². The van der Waals surface area contributed by atoms with Crippen molar-refractivity contribution in [2.45, 2.75) is 0 Å². The van der Waals surface area contributed by atoms with E-state index in [2.05, 4.69) is 0 Å². The van der Waals surface area contributed by atoms with Gasteiger partial charge in [-0.3, -0.25) is 9.59 Å². The molecule has 1 aliphatic carbocycles. The maximum absolute atomic E-state index is 12.2. The number of allylic oxidation sites excluding steroid dienone is 3. The van der Waals surface area contributed by atoms with Crippen LogP contribution in [-0.4, -0.2) is 25.7 Å². The first-order valence-electron chi connectivity index (χ1n) is 7.42. The van der Waals surface area contributed by atoms with E-state index >= 15 is 0 Å². The Bertz CT molecular complexity index is 790. The van der Waals surface area contributed by atoms with Crippen LogP contribution in [0.5, 0.6) is 0 Å². The Morgan fingerprint density at radius 1 is 0.826 bits per heavy atom. The second kappa shape index (κ2) is 6.05. The van der Waals surface area contributed by atoms with Crippen molar-refractivity contribution in [1.82, 2.24) is 0 Å². The van der Waals surface area contributed by atoms with Crippen molar-refractivity contribution in [3.05, 3.63) is 82.9 Å². The lowest BCUT2D eigenvalue weighted by molar-refractivity contribution is 0.0989. The van der Waals surface area contributed by atoms with E-state index in [0.717, 1.165) is 11.3 Å². The number of ketones is 2. The molecule has 0 aromatic heterocycles. The predicted octanol–water partition coefficient (Wildman–Crippen LogP) is 3.77. The van der Waals surface area contributed by atoms with Gasteiger partial charge in [0.15, 0.2) is 11.6 Å². The number of anilines is 1. The van der Waals surface area contributed by atoms with Gasteiger partial charge in [-0.2, -0.15) is 0 Å². The monoisotopic (exact) mass is 303 g/mol. The minimum Gasteiger partial charge on any atom is -0.378 e. The van der Waals surface area contributed by atoms with Crippen LogP contribution in [0.4, 0.5) is 5.69 Å². The summed E-state index contributed by atoms with van der Waals surface area (Å²) in [6.07, 6.45) is 5.24. The highest BCUT2D eigenvalue weighted by Gasteiger charge is 2.31. The molecule has 3 heteroatoms. The zero-order chi connectivity index (χ0) is 16.4. The minimum absolute atomic E-state index is 0.196. The molecule has 0 fully saturated rings. The van der Waals surface area contributed by atoms with Gasteiger partial charge in [0.25, 0.3) is 0 Å². The van der Waals surface area contributed by atoms with E-state index in [1.165, 1.54) is 0 Å². The fraction of sp³-hybridized carbons (Fsp3) is 0.100. The van der Waals surface area contributed by atoms with Crippen molar-refractivity contribution >= 4 is 23.3 Å². The molecular formula is C20H17NO2. The summed E-state index contributed by atoms with van der Waals surface area (Å²) in [5.41, 5.74) is 3.35. The summed E-state index contributed by atoms with van der Waals surface area (Å²) >= 11 is 0. The van der Waals surface area contributed by atoms with E-state index in [-0.39, 0.29) is 17.1 Å². The molecule has 0 amide bonds. The summed E-state index contributed by atoms with van der Waals surface area (Å²) < 4.78 is 0. The normalized spacial score (nSPS) is 13.6. The number of carbonyl (C=O) groups excluding carboxylic acids is 2. The van der Waals surface area contributed by atoms with Gasteiger partial charge in [0, 0.05) is 30.9 Å². The van der Waals surface area contributed by atoms with Gasteiger partial charge in [0.1, 0.15) is 0 Å². The molecule has 0 saturated carbocycles. The maximum Gasteiger partial charge on any atom is 0.197 e. The molecular weight excluding hydrogens is 286 g/mol. The van der Waals surface area contributed by atoms with Crippen molar-refractivity contribution in [3.63, 3.8) is 0 Å². The van der Waals surface area contributed by atoms with Gasteiger partial charge in [0.2, 0.25) is 0 Å². The number of nitrogens with zero attached hydrogens (tertiary/aromatic N) is 1. The Morgan fingerprint density at radius 2 is 1.39 bits per heavy atom. The Hall–Kier alpha value is -2.94. The third-order valence-electron chi connectivity index (χ3n) is 3.87. The Kier molecular flexibility index (Phi) is 3.94. The molecule has 2 aromatic rings. The van der Waals surface area contributed by atoms with Crippen LogP contribution in [0, 0.1) is 0 Å². The lowest BCUT2D eigenvalue weighted by Crippen LogP contribution is -2.07. The second-order valence-electron chi connectivity index (χ2n) is 5.63. The lowest BCUT2D eigenvalue weighted by Gasteiger charge is -2.11. The van der Waals surface area contributed by atoms with Crippen molar-refractivity contribution in [2.75, 3.05) is 19.0 Å². The molecule has 0 radical (unpaired) electrons. The SMILES string of the molecule is CN(C)c1ccc(C=CC=C2C(=O)c3ccccc3C2=O)cc1. The number of hydrogen-bond acceptors (Lipinski definition) is 3. The number of benzene rings is 2. The lowest BCUT2D eigenvalue weighted by atomic mass is 10.1. The highest BCUT2D eigenvalue weighted by atomic mass is 16.2. The molecule has 0 spiro atoms. The Morgan fingerprint density at radius 3 is 1.91 bits per heavy atom. The third kappa shape index (κ3) is 2.86. The molecule has 2 aromatic carbocycles. The highest BCUT2D eigenvalue weighted by Crippen LogP contribution is 2.26. The van der Waals surface area contributed by atoms with Crippen LogP contribution in [0.1, 0.15) is 26.3 Å². The number of hydrogen-bond donors (Lipinski definition) is 0. The molecule has 3 nitrogen and oxygen atoms in total. The van der Waals surface area contributed by atoms with Gasteiger partial charge < -0.3 is 4.90 Å². The zero-order valence-electron chi connectivity index (χ0n) is 13.1. The van der Waals surface area contributed by atoms with Gasteiger partial charge in [0.05, 0.1) is 5.57 Å². The molecule has 0 N–H and O–H groups in total. The standard InChI is InChI=1S/C20H17NO2/c1-21(2)15-12-10-14(11-13-15)6-5-9-18-19(22)16-7-3-4-8-17(16)20(18)23/h3-13H,1-2H3. The van der Waals surface area contributed by atoms with Crippen LogP contribution in [-0.2, 0) is 0 Å². The topological polar surface area (TPSA) is 37.4 Å². The van der Waals surface area contributed by atoms with E-state index in [1.54, 1.807) is 36.4 Å². The first kappa shape index (κ1) is 15.0. The molecule has 0 bridgehead atoms. The van der Waals surface area contributed by atoms with E-state index in [9.17, 15) is 9.59 Å².